The molecule has 4 aliphatic heterocycles. The van der Waals surface area contributed by atoms with Crippen LogP contribution in [0.2, 0.25) is 0 Å². The Bertz CT molecular complexity index is 1000. The number of para-hydroxylation sites is 1. The fourth-order valence-electron chi connectivity index (χ4n) is 5.43. The number of benzene rings is 1. The van der Waals surface area contributed by atoms with Crippen molar-refractivity contribution in [1.82, 2.24) is 19.6 Å². The van der Waals surface area contributed by atoms with E-state index in [4.69, 9.17) is 4.74 Å². The number of morpholine rings is 1. The first-order valence-electron chi connectivity index (χ1n) is 12.0. The predicted molar refractivity (Wildman–Crippen MR) is 123 cm³/mol. The van der Waals surface area contributed by atoms with Gasteiger partial charge < -0.3 is 19.4 Å². The molecule has 0 aliphatic carbocycles. The van der Waals surface area contributed by atoms with Gasteiger partial charge in [-0.1, -0.05) is 12.1 Å². The van der Waals surface area contributed by atoms with Crippen molar-refractivity contribution in [1.29, 1.82) is 0 Å². The van der Waals surface area contributed by atoms with Crippen molar-refractivity contribution in [3.8, 4) is 0 Å². The first-order valence-corrected chi connectivity index (χ1v) is 12.0. The van der Waals surface area contributed by atoms with Gasteiger partial charge in [0.25, 0.3) is 5.91 Å². The fourth-order valence-corrected chi connectivity index (χ4v) is 5.43. The van der Waals surface area contributed by atoms with Gasteiger partial charge in [-0.2, -0.15) is 0 Å². The lowest BCUT2D eigenvalue weighted by Crippen LogP contribution is -2.64. The van der Waals surface area contributed by atoms with E-state index < -0.39 is 5.66 Å². The van der Waals surface area contributed by atoms with Crippen LogP contribution in [-0.2, 0) is 19.1 Å². The minimum absolute atomic E-state index is 0.0349. The van der Waals surface area contributed by atoms with E-state index in [1.165, 1.54) is 0 Å². The zero-order valence-corrected chi connectivity index (χ0v) is 19.6. The van der Waals surface area contributed by atoms with Gasteiger partial charge in [-0.3, -0.25) is 29.0 Å². The summed E-state index contributed by atoms with van der Waals surface area (Å²) < 4.78 is 5.34. The van der Waals surface area contributed by atoms with Gasteiger partial charge in [0.15, 0.2) is 0 Å². The molecule has 0 spiro atoms. The zero-order chi connectivity index (χ0) is 23.9. The molecule has 4 aliphatic rings. The normalized spacial score (nSPS) is 25.4. The van der Waals surface area contributed by atoms with Gasteiger partial charge in [0.05, 0.1) is 31.0 Å². The summed E-state index contributed by atoms with van der Waals surface area (Å²) in [5.41, 5.74) is 0.212. The first-order chi connectivity index (χ1) is 16.4. The quantitative estimate of drug-likeness (QED) is 0.616. The molecular formula is C24H31N5O5. The average Bonchev–Trinajstić information content (AvgIpc) is 3.17. The first kappa shape index (κ1) is 22.8. The number of carbonyl (C=O) groups is 4. The van der Waals surface area contributed by atoms with Gasteiger partial charge in [0, 0.05) is 45.7 Å². The van der Waals surface area contributed by atoms with E-state index in [1.807, 2.05) is 13.0 Å². The molecule has 1 aromatic rings. The van der Waals surface area contributed by atoms with Gasteiger partial charge >= 0.3 is 0 Å². The van der Waals surface area contributed by atoms with Crippen molar-refractivity contribution in [2.75, 3.05) is 70.5 Å². The molecule has 10 nitrogen and oxygen atoms in total. The highest BCUT2D eigenvalue weighted by Crippen LogP contribution is 2.43. The van der Waals surface area contributed by atoms with Gasteiger partial charge in [0.1, 0.15) is 12.2 Å². The molecule has 4 heterocycles. The molecule has 0 N–H and O–H groups in total. The van der Waals surface area contributed by atoms with E-state index in [2.05, 4.69) is 4.90 Å². The van der Waals surface area contributed by atoms with E-state index in [-0.39, 0.29) is 30.2 Å². The predicted octanol–water partition coefficient (Wildman–Crippen LogP) is -0.0116. The van der Waals surface area contributed by atoms with Crippen molar-refractivity contribution < 1.29 is 23.9 Å². The second-order valence-corrected chi connectivity index (χ2v) is 9.50. The minimum atomic E-state index is -0.853. The van der Waals surface area contributed by atoms with E-state index in [1.54, 1.807) is 37.8 Å². The lowest BCUT2D eigenvalue weighted by molar-refractivity contribution is -0.141. The number of hydrogen-bond acceptors (Lipinski definition) is 6. The molecule has 1 atom stereocenters. The minimum Gasteiger partial charge on any atom is -0.379 e. The maximum Gasteiger partial charge on any atom is 0.258 e. The van der Waals surface area contributed by atoms with E-state index in [0.29, 0.717) is 70.0 Å². The third-order valence-corrected chi connectivity index (χ3v) is 7.49. The number of hydrogen-bond donors (Lipinski definition) is 0. The highest BCUT2D eigenvalue weighted by molar-refractivity contribution is 6.11. The Labute approximate surface area is 199 Å². The van der Waals surface area contributed by atoms with Crippen LogP contribution < -0.4 is 4.90 Å². The van der Waals surface area contributed by atoms with Crippen LogP contribution in [0.5, 0.6) is 0 Å². The summed E-state index contributed by atoms with van der Waals surface area (Å²) in [4.78, 5) is 60.8. The lowest BCUT2D eigenvalue weighted by atomic mass is 9.98. The van der Waals surface area contributed by atoms with Crippen molar-refractivity contribution in [3.63, 3.8) is 0 Å². The summed E-state index contributed by atoms with van der Waals surface area (Å²) in [6.45, 7) is 6.80. The Morgan fingerprint density at radius 2 is 1.53 bits per heavy atom. The second-order valence-electron chi connectivity index (χ2n) is 9.50. The smallest absolute Gasteiger partial charge is 0.258 e. The van der Waals surface area contributed by atoms with Crippen molar-refractivity contribution in [2.24, 2.45) is 0 Å². The maximum atomic E-state index is 13.4. The molecule has 182 valence electrons. The number of ether oxygens (including phenoxy) is 1. The molecular weight excluding hydrogens is 438 g/mol. The summed E-state index contributed by atoms with van der Waals surface area (Å²) in [6.07, 6.45) is 0.829. The maximum absolute atomic E-state index is 13.4. The molecule has 3 fully saturated rings. The molecule has 0 radical (unpaired) electrons. The summed E-state index contributed by atoms with van der Waals surface area (Å²) in [6, 6.07) is 7.09. The number of anilines is 1. The number of rotatable bonds is 4. The molecule has 0 saturated carbocycles. The molecule has 3 saturated heterocycles. The molecule has 1 unspecified atom stereocenters. The molecule has 0 aromatic heterocycles. The molecule has 34 heavy (non-hydrogen) atoms. The van der Waals surface area contributed by atoms with Crippen molar-refractivity contribution in [2.45, 2.75) is 25.4 Å². The van der Waals surface area contributed by atoms with Crippen molar-refractivity contribution in [3.05, 3.63) is 29.8 Å². The van der Waals surface area contributed by atoms with E-state index >= 15 is 0 Å². The molecule has 0 bridgehead atoms. The van der Waals surface area contributed by atoms with Crippen LogP contribution >= 0.6 is 0 Å². The third kappa shape index (κ3) is 3.94. The van der Waals surface area contributed by atoms with Crippen LogP contribution in [0.15, 0.2) is 24.3 Å². The fraction of sp³-hybridized carbons (Fsp3) is 0.583. The molecule has 1 aromatic carbocycles. The number of carbonyl (C=O) groups excluding carboxylic acids is 4. The number of nitrogens with zero attached hydrogens (tertiary/aromatic N) is 5. The summed E-state index contributed by atoms with van der Waals surface area (Å²) in [7, 11) is 0. The van der Waals surface area contributed by atoms with E-state index in [9.17, 15) is 19.2 Å². The van der Waals surface area contributed by atoms with Crippen LogP contribution in [0, 0.1) is 0 Å². The molecule has 4 amide bonds. The third-order valence-electron chi connectivity index (χ3n) is 7.49. The monoisotopic (exact) mass is 469 g/mol. The topological polar surface area (TPSA) is 93.7 Å². The lowest BCUT2D eigenvalue weighted by Gasteiger charge is -2.49. The molecule has 5 rings (SSSR count). The van der Waals surface area contributed by atoms with E-state index in [0.717, 1.165) is 13.1 Å². The van der Waals surface area contributed by atoms with Gasteiger partial charge in [0.2, 0.25) is 17.7 Å². The number of piperazine rings is 1. The highest BCUT2D eigenvalue weighted by atomic mass is 16.5. The van der Waals surface area contributed by atoms with Gasteiger partial charge in [-0.05, 0) is 25.5 Å². The van der Waals surface area contributed by atoms with Crippen LogP contribution in [0.1, 0.15) is 30.1 Å². The summed E-state index contributed by atoms with van der Waals surface area (Å²) >= 11 is 0. The largest absolute Gasteiger partial charge is 0.379 e. The Morgan fingerprint density at radius 3 is 2.21 bits per heavy atom. The summed E-state index contributed by atoms with van der Waals surface area (Å²) in [5.74, 6) is -0.345. The van der Waals surface area contributed by atoms with Crippen LogP contribution in [0.4, 0.5) is 5.69 Å². The average molecular weight is 470 g/mol. The summed E-state index contributed by atoms with van der Waals surface area (Å²) in [5, 5.41) is 0. The Balaban J connectivity index is 1.23. The Morgan fingerprint density at radius 1 is 0.912 bits per heavy atom. The van der Waals surface area contributed by atoms with Crippen LogP contribution in [-0.4, -0.2) is 114 Å². The van der Waals surface area contributed by atoms with Crippen molar-refractivity contribution >= 4 is 29.3 Å². The SMILES string of the molecule is CC12CCC(=O)N1c1ccccc1C(=O)N2CC(=O)N1CCN(C(=O)CN2CCOCC2)CC1. The number of amides is 4. The second kappa shape index (κ2) is 8.99. The zero-order valence-electron chi connectivity index (χ0n) is 19.6. The Kier molecular flexibility index (Phi) is 6.03. The van der Waals surface area contributed by atoms with Crippen LogP contribution in [0.3, 0.4) is 0 Å². The van der Waals surface area contributed by atoms with Gasteiger partial charge in [-0.15, -0.1) is 0 Å². The van der Waals surface area contributed by atoms with Crippen LogP contribution in [0.25, 0.3) is 0 Å². The Hall–Kier alpha value is -2.98. The van der Waals surface area contributed by atoms with Gasteiger partial charge in [-0.25, -0.2) is 0 Å². The number of fused-ring (bicyclic) bond motifs is 3. The highest BCUT2D eigenvalue weighted by Gasteiger charge is 2.53. The standard InChI is InChI=1S/C24H31N5O5/c1-24-7-6-20(30)29(24)19-5-3-2-4-18(19)23(33)28(24)17-22(32)27-10-8-26(9-11-27)21(31)16-25-12-14-34-15-13-25/h2-5H,6-17H2,1H3. The molecule has 10 heteroatoms.